The molecule has 0 amide bonds. The van der Waals surface area contributed by atoms with Gasteiger partial charge in [0.05, 0.1) is 0 Å². The van der Waals surface area contributed by atoms with Crippen LogP contribution in [0, 0.1) is 6.92 Å². The van der Waals surface area contributed by atoms with Crippen LogP contribution in [0.1, 0.15) is 12.5 Å². The molecule has 0 aliphatic heterocycles. The number of aryl methyl sites for hydroxylation is 1. The van der Waals surface area contributed by atoms with Crippen LogP contribution >= 0.6 is 0 Å². The van der Waals surface area contributed by atoms with Crippen molar-refractivity contribution in [3.05, 3.63) is 22.0 Å². The van der Waals surface area contributed by atoms with Crippen molar-refractivity contribution < 1.29 is 13.5 Å². The molecule has 0 atom stereocenters. The maximum atomic E-state index is 11.7. The van der Waals surface area contributed by atoms with Gasteiger partial charge in [-0.25, -0.2) is 8.42 Å². The molecule has 1 aromatic rings. The summed E-state index contributed by atoms with van der Waals surface area (Å²) in [5.74, 6) is -0.215. The number of aromatic nitrogens is 1. The fourth-order valence-corrected chi connectivity index (χ4v) is 2.56. The molecule has 0 unspecified atom stereocenters. The molecule has 0 saturated heterocycles. The van der Waals surface area contributed by atoms with E-state index < -0.39 is 15.4 Å². The highest BCUT2D eigenvalue weighted by Gasteiger charge is 2.19. The molecule has 1 rings (SSSR count). The predicted octanol–water partition coefficient (Wildman–Crippen LogP) is 0.286. The zero-order valence-electron chi connectivity index (χ0n) is 8.81. The van der Waals surface area contributed by atoms with Gasteiger partial charge in [0.1, 0.15) is 4.90 Å². The van der Waals surface area contributed by atoms with Crippen molar-refractivity contribution in [2.75, 3.05) is 6.26 Å². The molecule has 1 N–H and O–H groups in total. The van der Waals surface area contributed by atoms with Crippen molar-refractivity contribution in [1.29, 1.82) is 0 Å². The summed E-state index contributed by atoms with van der Waals surface area (Å²) in [5, 5.41) is 9.43. The Hall–Kier alpha value is -1.30. The van der Waals surface area contributed by atoms with E-state index in [1.54, 1.807) is 6.92 Å². The van der Waals surface area contributed by atoms with Gasteiger partial charge < -0.3 is 5.11 Å². The number of nitrogens with zero attached hydrogens (tertiary/aromatic N) is 1. The first kappa shape index (κ1) is 11.8. The SMILES string of the molecule is CCn1c(O)cc(C)c(S(C)(=O)=O)c1=O. The second kappa shape index (κ2) is 3.69. The third kappa shape index (κ3) is 2.04. The second-order valence-electron chi connectivity index (χ2n) is 3.34. The monoisotopic (exact) mass is 231 g/mol. The van der Waals surface area contributed by atoms with Gasteiger partial charge in [0.15, 0.2) is 15.7 Å². The average Bonchev–Trinajstić information content (AvgIpc) is 2.00. The fourth-order valence-electron chi connectivity index (χ4n) is 1.49. The molecule has 84 valence electrons. The van der Waals surface area contributed by atoms with Gasteiger partial charge in [0.25, 0.3) is 5.56 Å². The molecule has 1 aromatic heterocycles. The summed E-state index contributed by atoms with van der Waals surface area (Å²) in [5.41, 5.74) is -0.401. The van der Waals surface area contributed by atoms with E-state index in [2.05, 4.69) is 0 Å². The minimum Gasteiger partial charge on any atom is -0.494 e. The predicted molar refractivity (Wildman–Crippen MR) is 55.9 cm³/mol. The molecule has 15 heavy (non-hydrogen) atoms. The molecule has 0 aromatic carbocycles. The number of pyridine rings is 1. The highest BCUT2D eigenvalue weighted by atomic mass is 32.2. The van der Waals surface area contributed by atoms with Crippen LogP contribution in [0.4, 0.5) is 0 Å². The van der Waals surface area contributed by atoms with Gasteiger partial charge in [-0.05, 0) is 19.4 Å². The van der Waals surface area contributed by atoms with E-state index in [4.69, 9.17) is 0 Å². The van der Waals surface area contributed by atoms with Crippen LogP contribution in [0.25, 0.3) is 0 Å². The van der Waals surface area contributed by atoms with Crippen LogP contribution in [0.2, 0.25) is 0 Å². The highest BCUT2D eigenvalue weighted by molar-refractivity contribution is 7.90. The Balaban J connectivity index is 3.77. The summed E-state index contributed by atoms with van der Waals surface area (Å²) in [6, 6.07) is 1.28. The Morgan fingerprint density at radius 3 is 2.40 bits per heavy atom. The molecule has 1 heterocycles. The van der Waals surface area contributed by atoms with E-state index in [0.29, 0.717) is 0 Å². The molecule has 0 aliphatic rings. The summed E-state index contributed by atoms with van der Waals surface area (Å²) in [4.78, 5) is 11.5. The van der Waals surface area contributed by atoms with Crippen molar-refractivity contribution in [1.82, 2.24) is 4.57 Å². The highest BCUT2D eigenvalue weighted by Crippen LogP contribution is 2.15. The number of hydrogen-bond acceptors (Lipinski definition) is 4. The van der Waals surface area contributed by atoms with E-state index in [9.17, 15) is 18.3 Å². The lowest BCUT2D eigenvalue weighted by Gasteiger charge is -2.09. The second-order valence-corrected chi connectivity index (χ2v) is 5.29. The molecule has 0 aliphatic carbocycles. The fraction of sp³-hybridized carbons (Fsp3) is 0.444. The van der Waals surface area contributed by atoms with E-state index >= 15 is 0 Å². The Bertz CT molecular complexity index is 542. The standard InChI is InChI=1S/C9H13NO4S/c1-4-10-7(11)5-6(2)8(9(10)12)15(3,13)14/h5,11H,4H2,1-3H3. The number of hydrogen-bond donors (Lipinski definition) is 1. The topological polar surface area (TPSA) is 76.4 Å². The molecular formula is C9H13NO4S. The maximum absolute atomic E-state index is 11.7. The first-order valence-corrected chi connectivity index (χ1v) is 6.31. The van der Waals surface area contributed by atoms with Crippen LogP contribution in [0.5, 0.6) is 5.88 Å². The third-order valence-electron chi connectivity index (χ3n) is 2.11. The van der Waals surface area contributed by atoms with Gasteiger partial charge in [-0.2, -0.15) is 0 Å². The number of sulfone groups is 1. The number of aromatic hydroxyl groups is 1. The Labute approximate surface area is 87.9 Å². The summed E-state index contributed by atoms with van der Waals surface area (Å²) in [6.45, 7) is 3.37. The molecule has 0 bridgehead atoms. The number of rotatable bonds is 2. The van der Waals surface area contributed by atoms with Gasteiger partial charge in [-0.15, -0.1) is 0 Å². The van der Waals surface area contributed by atoms with Crippen molar-refractivity contribution in [3.8, 4) is 5.88 Å². The Kier molecular flexibility index (Phi) is 2.90. The van der Waals surface area contributed by atoms with Crippen LogP contribution in [-0.4, -0.2) is 24.3 Å². The zero-order valence-corrected chi connectivity index (χ0v) is 9.63. The largest absolute Gasteiger partial charge is 0.494 e. The molecule has 0 radical (unpaired) electrons. The maximum Gasteiger partial charge on any atom is 0.272 e. The molecule has 6 heteroatoms. The van der Waals surface area contributed by atoms with Crippen LogP contribution in [-0.2, 0) is 16.4 Å². The van der Waals surface area contributed by atoms with Crippen molar-refractivity contribution in [2.24, 2.45) is 0 Å². The quantitative estimate of drug-likeness (QED) is 0.793. The summed E-state index contributed by atoms with van der Waals surface area (Å²) in [6.07, 6.45) is 0.980. The van der Waals surface area contributed by atoms with Gasteiger partial charge in [0.2, 0.25) is 0 Å². The molecule has 0 saturated carbocycles. The van der Waals surface area contributed by atoms with E-state index in [1.807, 2.05) is 0 Å². The van der Waals surface area contributed by atoms with Gasteiger partial charge in [-0.3, -0.25) is 9.36 Å². The molecule has 0 spiro atoms. The smallest absolute Gasteiger partial charge is 0.272 e. The average molecular weight is 231 g/mol. The van der Waals surface area contributed by atoms with Crippen LogP contribution < -0.4 is 5.56 Å². The van der Waals surface area contributed by atoms with E-state index in [-0.39, 0.29) is 22.9 Å². The first-order valence-electron chi connectivity index (χ1n) is 4.42. The lowest BCUT2D eigenvalue weighted by Crippen LogP contribution is -2.26. The minimum absolute atomic E-state index is 0.215. The van der Waals surface area contributed by atoms with Gasteiger partial charge in [-0.1, -0.05) is 0 Å². The van der Waals surface area contributed by atoms with E-state index in [1.165, 1.54) is 13.0 Å². The Morgan fingerprint density at radius 2 is 2.00 bits per heavy atom. The van der Waals surface area contributed by atoms with Crippen molar-refractivity contribution >= 4 is 9.84 Å². The molecular weight excluding hydrogens is 218 g/mol. The normalized spacial score (nSPS) is 11.7. The van der Waals surface area contributed by atoms with Gasteiger partial charge >= 0.3 is 0 Å². The molecule has 0 fully saturated rings. The summed E-state index contributed by atoms with van der Waals surface area (Å²) in [7, 11) is -3.56. The van der Waals surface area contributed by atoms with Crippen LogP contribution in [0.3, 0.4) is 0 Å². The molecule has 5 nitrogen and oxygen atoms in total. The van der Waals surface area contributed by atoms with Crippen molar-refractivity contribution in [2.45, 2.75) is 25.3 Å². The van der Waals surface area contributed by atoms with Crippen LogP contribution in [0.15, 0.2) is 15.8 Å². The summed E-state index contributed by atoms with van der Waals surface area (Å²) < 4.78 is 23.7. The third-order valence-corrected chi connectivity index (χ3v) is 3.34. The lowest BCUT2D eigenvalue weighted by atomic mass is 10.3. The zero-order chi connectivity index (χ0) is 11.8. The van der Waals surface area contributed by atoms with Crippen molar-refractivity contribution in [3.63, 3.8) is 0 Å². The first-order chi connectivity index (χ1) is 6.79. The lowest BCUT2D eigenvalue weighted by molar-refractivity contribution is 0.407. The summed E-state index contributed by atoms with van der Waals surface area (Å²) >= 11 is 0. The van der Waals surface area contributed by atoms with Gasteiger partial charge in [0, 0.05) is 18.9 Å². The minimum atomic E-state index is -3.56. The van der Waals surface area contributed by atoms with E-state index in [0.717, 1.165) is 10.8 Å². The Morgan fingerprint density at radius 1 is 1.47 bits per heavy atom.